The van der Waals surface area contributed by atoms with E-state index in [1.54, 1.807) is 0 Å². The maximum atomic E-state index is 12.2. The Morgan fingerprint density at radius 1 is 0.844 bits per heavy atom. The molecule has 1 fully saturated rings. The van der Waals surface area contributed by atoms with Crippen molar-refractivity contribution in [1.29, 1.82) is 0 Å². The zero-order chi connectivity index (χ0) is 22.3. The topological polar surface area (TPSA) is 103 Å². The molecule has 1 saturated heterocycles. The summed E-state index contributed by atoms with van der Waals surface area (Å²) in [4.78, 5) is 25.8. The van der Waals surface area contributed by atoms with Gasteiger partial charge < -0.3 is 19.3 Å². The normalized spacial score (nSPS) is 22.8. The zero-order valence-corrected chi connectivity index (χ0v) is 17.5. The Morgan fingerprint density at radius 3 is 1.94 bits per heavy atom. The van der Waals surface area contributed by atoms with E-state index in [2.05, 4.69) is 4.98 Å². The maximum absolute atomic E-state index is 12.2. The predicted molar refractivity (Wildman–Crippen MR) is 117 cm³/mol. The van der Waals surface area contributed by atoms with Gasteiger partial charge in [0, 0.05) is 12.3 Å². The van der Waals surface area contributed by atoms with Crippen molar-refractivity contribution in [2.24, 2.45) is 0 Å². The van der Waals surface area contributed by atoms with Crippen molar-refractivity contribution < 1.29 is 19.3 Å². The van der Waals surface area contributed by atoms with E-state index >= 15 is 0 Å². The fraction of sp³-hybridized carbons (Fsp3) is 0.333. The van der Waals surface area contributed by atoms with Gasteiger partial charge in [-0.25, -0.2) is 4.79 Å². The number of hydrogen-bond donors (Lipinski definition) is 2. The summed E-state index contributed by atoms with van der Waals surface area (Å²) < 4.78 is 19.8. The molecule has 1 aliphatic heterocycles. The number of aliphatic hydroxyl groups excluding tert-OH is 1. The van der Waals surface area contributed by atoms with Gasteiger partial charge in [0.2, 0.25) is 0 Å². The number of ether oxygens (including phenoxy) is 3. The van der Waals surface area contributed by atoms with Crippen molar-refractivity contribution in [1.82, 2.24) is 9.55 Å². The number of rotatable bonds is 9. The summed E-state index contributed by atoms with van der Waals surface area (Å²) in [6.45, 7) is 0.565. The molecule has 4 atom stereocenters. The monoisotopic (exact) mass is 438 g/mol. The smallest absolute Gasteiger partial charge is 0.328 e. The number of aromatic nitrogens is 2. The summed E-state index contributed by atoms with van der Waals surface area (Å²) in [5.74, 6) is 0. The highest BCUT2D eigenvalue weighted by molar-refractivity contribution is 5.14. The molecule has 2 N–H and O–H groups in total. The van der Waals surface area contributed by atoms with Crippen molar-refractivity contribution in [2.45, 2.75) is 44.2 Å². The Kier molecular flexibility index (Phi) is 7.28. The average Bonchev–Trinajstić information content (AvgIpc) is 3.15. The van der Waals surface area contributed by atoms with Gasteiger partial charge in [0.25, 0.3) is 5.56 Å². The van der Waals surface area contributed by atoms with Gasteiger partial charge in [-0.3, -0.25) is 14.3 Å². The van der Waals surface area contributed by atoms with Crippen LogP contribution >= 0.6 is 0 Å². The SMILES string of the molecule is O=c1ccn(C[C@@H]2O[C@H](CO)[C@@H](OCc3ccccc3)[C@@H]2OCc2ccccc2)c(=O)[nH]1. The summed E-state index contributed by atoms with van der Waals surface area (Å²) in [5.41, 5.74) is 0.984. The molecule has 8 heteroatoms. The molecule has 8 nitrogen and oxygen atoms in total. The van der Waals surface area contributed by atoms with E-state index in [1.807, 2.05) is 60.7 Å². The lowest BCUT2D eigenvalue weighted by Gasteiger charge is -2.25. The molecule has 0 aliphatic carbocycles. The predicted octanol–water partition coefficient (Wildman–Crippen LogP) is 1.47. The summed E-state index contributed by atoms with van der Waals surface area (Å²) in [6.07, 6.45) is -0.810. The fourth-order valence-corrected chi connectivity index (χ4v) is 3.82. The highest BCUT2D eigenvalue weighted by Gasteiger charge is 2.46. The van der Waals surface area contributed by atoms with Crippen LogP contribution < -0.4 is 11.2 Å². The first-order chi connectivity index (χ1) is 15.6. The van der Waals surface area contributed by atoms with Crippen molar-refractivity contribution >= 4 is 0 Å². The number of H-pyrrole nitrogens is 1. The lowest BCUT2D eigenvalue weighted by molar-refractivity contribution is -0.0839. The third-order valence-electron chi connectivity index (χ3n) is 5.43. The molecule has 0 amide bonds. The molecule has 0 radical (unpaired) electrons. The van der Waals surface area contributed by atoms with Gasteiger partial charge in [0.1, 0.15) is 24.4 Å². The van der Waals surface area contributed by atoms with Gasteiger partial charge in [0.15, 0.2) is 0 Å². The van der Waals surface area contributed by atoms with Crippen molar-refractivity contribution in [2.75, 3.05) is 6.61 Å². The second-order valence-corrected chi connectivity index (χ2v) is 7.68. The largest absolute Gasteiger partial charge is 0.394 e. The minimum absolute atomic E-state index is 0.150. The van der Waals surface area contributed by atoms with E-state index in [9.17, 15) is 14.7 Å². The van der Waals surface area contributed by atoms with E-state index in [-0.39, 0.29) is 13.2 Å². The molecule has 4 rings (SSSR count). The van der Waals surface area contributed by atoms with Crippen LogP contribution in [0.4, 0.5) is 0 Å². The molecule has 3 aromatic rings. The molecule has 1 aliphatic rings. The molecule has 168 valence electrons. The molecule has 2 aromatic carbocycles. The van der Waals surface area contributed by atoms with Gasteiger partial charge >= 0.3 is 5.69 Å². The molecule has 0 spiro atoms. The second-order valence-electron chi connectivity index (χ2n) is 7.68. The van der Waals surface area contributed by atoms with Gasteiger partial charge in [-0.1, -0.05) is 60.7 Å². The van der Waals surface area contributed by atoms with E-state index in [0.29, 0.717) is 13.2 Å². The Balaban J connectivity index is 1.55. The number of benzene rings is 2. The average molecular weight is 438 g/mol. The van der Waals surface area contributed by atoms with Gasteiger partial charge in [0.05, 0.1) is 26.4 Å². The Morgan fingerprint density at radius 2 is 1.41 bits per heavy atom. The summed E-state index contributed by atoms with van der Waals surface area (Å²) in [7, 11) is 0. The lowest BCUT2D eigenvalue weighted by Crippen LogP contribution is -2.41. The van der Waals surface area contributed by atoms with Crippen LogP contribution in [-0.4, -0.2) is 45.7 Å². The Bertz CT molecular complexity index is 1100. The summed E-state index contributed by atoms with van der Waals surface area (Å²) >= 11 is 0. The van der Waals surface area contributed by atoms with Crippen molar-refractivity contribution in [3.05, 3.63) is 105 Å². The van der Waals surface area contributed by atoms with Gasteiger partial charge in [-0.2, -0.15) is 0 Å². The molecule has 1 aromatic heterocycles. The third-order valence-corrected chi connectivity index (χ3v) is 5.43. The van der Waals surface area contributed by atoms with Gasteiger partial charge in [-0.15, -0.1) is 0 Å². The van der Waals surface area contributed by atoms with E-state index in [4.69, 9.17) is 14.2 Å². The van der Waals surface area contributed by atoms with Crippen LogP contribution in [0.5, 0.6) is 0 Å². The zero-order valence-electron chi connectivity index (χ0n) is 17.5. The number of nitrogens with zero attached hydrogens (tertiary/aromatic N) is 1. The van der Waals surface area contributed by atoms with Crippen LogP contribution in [0.1, 0.15) is 11.1 Å². The van der Waals surface area contributed by atoms with Crippen LogP contribution in [0.2, 0.25) is 0 Å². The van der Waals surface area contributed by atoms with E-state index in [0.717, 1.165) is 11.1 Å². The summed E-state index contributed by atoms with van der Waals surface area (Å²) in [6, 6.07) is 20.7. The first-order valence-corrected chi connectivity index (χ1v) is 10.5. The number of aromatic amines is 1. The first kappa shape index (κ1) is 22.2. The van der Waals surface area contributed by atoms with E-state index < -0.39 is 35.7 Å². The molecule has 32 heavy (non-hydrogen) atoms. The van der Waals surface area contributed by atoms with Crippen molar-refractivity contribution in [3.63, 3.8) is 0 Å². The van der Waals surface area contributed by atoms with Crippen LogP contribution in [0.15, 0.2) is 82.5 Å². The van der Waals surface area contributed by atoms with Crippen LogP contribution in [0.25, 0.3) is 0 Å². The van der Waals surface area contributed by atoms with Crippen LogP contribution in [0.3, 0.4) is 0 Å². The minimum Gasteiger partial charge on any atom is -0.394 e. The maximum Gasteiger partial charge on any atom is 0.328 e. The molecular weight excluding hydrogens is 412 g/mol. The van der Waals surface area contributed by atoms with Gasteiger partial charge in [-0.05, 0) is 11.1 Å². The molecule has 0 saturated carbocycles. The number of aliphatic hydroxyl groups is 1. The summed E-state index contributed by atoms with van der Waals surface area (Å²) in [5, 5.41) is 9.93. The number of hydrogen-bond acceptors (Lipinski definition) is 6. The third kappa shape index (κ3) is 5.41. The minimum atomic E-state index is -0.608. The van der Waals surface area contributed by atoms with Crippen LogP contribution in [-0.2, 0) is 34.0 Å². The number of nitrogens with one attached hydrogen (secondary N) is 1. The molecule has 2 heterocycles. The van der Waals surface area contributed by atoms with Crippen molar-refractivity contribution in [3.8, 4) is 0 Å². The standard InChI is InChI=1S/C24H26N2O6/c27-14-20-23(31-16-18-9-5-2-6-10-18)22(30-15-17-7-3-1-4-8-17)19(32-20)13-26-12-11-21(28)25-24(26)29/h1-12,19-20,22-23,27H,13-16H2,(H,25,28,29)/t19-,20+,22+,23+/m0/s1. The van der Waals surface area contributed by atoms with E-state index in [1.165, 1.54) is 16.8 Å². The highest BCUT2D eigenvalue weighted by atomic mass is 16.6. The Hall–Kier alpha value is -3.04. The molecule has 0 unspecified atom stereocenters. The Labute approximate surface area is 185 Å². The fourth-order valence-electron chi connectivity index (χ4n) is 3.82. The highest BCUT2D eigenvalue weighted by Crippen LogP contribution is 2.29. The van der Waals surface area contributed by atoms with Crippen LogP contribution in [0, 0.1) is 0 Å². The molecule has 0 bridgehead atoms. The lowest BCUT2D eigenvalue weighted by atomic mass is 10.1. The second kappa shape index (κ2) is 10.5. The quantitative estimate of drug-likeness (QED) is 0.525. The first-order valence-electron chi connectivity index (χ1n) is 10.5. The molecular formula is C24H26N2O6.